The lowest BCUT2D eigenvalue weighted by molar-refractivity contribution is -0.136. The lowest BCUT2D eigenvalue weighted by atomic mass is 9.71. The van der Waals surface area contributed by atoms with E-state index in [-0.39, 0.29) is 110 Å². The molecule has 1 aliphatic heterocycles. The highest BCUT2D eigenvalue weighted by Crippen LogP contribution is 2.35. The number of anilines is 1. The number of urea groups is 1. The predicted molar refractivity (Wildman–Crippen MR) is 300 cm³/mol. The molecule has 1 fully saturated rings. The Labute approximate surface area is 458 Å². The Balaban J connectivity index is 1.59. The van der Waals surface area contributed by atoms with E-state index in [1.807, 2.05) is 83.9 Å². The van der Waals surface area contributed by atoms with Crippen molar-refractivity contribution in [3.63, 3.8) is 0 Å². The molecule has 17 heteroatoms. The van der Waals surface area contributed by atoms with E-state index in [0.29, 0.717) is 50.0 Å². The minimum Gasteiger partial charge on any atom is -0.369 e. The Morgan fingerprint density at radius 3 is 1.95 bits per heavy atom. The average Bonchev–Trinajstić information content (AvgIpc) is 3.35. The molecular weight excluding hydrogens is 979 g/mol. The first-order valence-electron chi connectivity index (χ1n) is 27.4. The maximum absolute atomic E-state index is 14.2. The van der Waals surface area contributed by atoms with Crippen molar-refractivity contribution in [1.29, 1.82) is 0 Å². The number of nitrogens with zero attached hydrogens (tertiary/aromatic N) is 2. The van der Waals surface area contributed by atoms with Crippen molar-refractivity contribution in [2.75, 3.05) is 45.7 Å². The van der Waals surface area contributed by atoms with Gasteiger partial charge in [-0.15, -0.1) is 0 Å². The van der Waals surface area contributed by atoms with E-state index in [2.05, 4.69) is 35.1 Å². The van der Waals surface area contributed by atoms with Gasteiger partial charge in [0, 0.05) is 74.2 Å². The number of ketones is 4. The van der Waals surface area contributed by atoms with Gasteiger partial charge >= 0.3 is 6.03 Å². The third kappa shape index (κ3) is 21.4. The van der Waals surface area contributed by atoms with Crippen LogP contribution in [0.25, 0.3) is 0 Å². The van der Waals surface area contributed by atoms with Crippen LogP contribution in [0.1, 0.15) is 145 Å². The van der Waals surface area contributed by atoms with Gasteiger partial charge in [-0.05, 0) is 106 Å². The Hall–Kier alpha value is -6.07. The number of carbonyl (C=O) groups excluding carboxylic acids is 9. The molecule has 0 aromatic heterocycles. The molecule has 3 rings (SSSR count). The van der Waals surface area contributed by atoms with Gasteiger partial charge in [-0.25, -0.2) is 4.79 Å². The van der Waals surface area contributed by atoms with Gasteiger partial charge in [0.05, 0.1) is 24.7 Å². The van der Waals surface area contributed by atoms with Gasteiger partial charge < -0.3 is 36.6 Å². The second-order valence-electron chi connectivity index (χ2n) is 23.5. The van der Waals surface area contributed by atoms with Gasteiger partial charge in [0.2, 0.25) is 23.6 Å². The summed E-state index contributed by atoms with van der Waals surface area (Å²) < 4.78 is 5.83. The number of likely N-dealkylation sites (tertiary alicyclic amines) is 1. The molecule has 17 nitrogen and oxygen atoms in total. The number of hydrogen-bond donors (Lipinski definition) is 5. The summed E-state index contributed by atoms with van der Waals surface area (Å²) in [5.74, 6) is -3.42. The van der Waals surface area contributed by atoms with Crippen LogP contribution in [-0.4, -0.2) is 121 Å². The third-order valence-electron chi connectivity index (χ3n) is 14.8. The van der Waals surface area contributed by atoms with E-state index >= 15 is 0 Å². The maximum Gasteiger partial charge on any atom is 0.312 e. The lowest BCUT2D eigenvalue weighted by Gasteiger charge is -2.40. The number of Topliss-reactive ketones (excluding diaryl/α,β-unsaturated/α-hetero) is 4. The minimum atomic E-state index is -0.874. The van der Waals surface area contributed by atoms with E-state index in [1.54, 1.807) is 62.9 Å². The molecule has 1 aliphatic rings. The first-order valence-corrected chi connectivity index (χ1v) is 27.4. The standard InChI is InChI=1S/C60H91N7O10/c1-38(2)48(64-57(75)47(59(7,8)9)35-50(70)55(66(12)13)60(10,11)45-20-15-14-16-21-45)33-40(5)51(71)37-77-36-42-24-26-46(27-25-42)63-56(74)44(19-18-30-62-58(61)76)34-49(69)54(39(3)4)65-52(72)22-17-23-53(73)67-31-28-43(29-32-67)41(6)68/h14-16,20-21,24-27,33,38-39,43-44,47-48,54-55H,17-19,22-23,28-32,34-37H2,1-13H3,(H,63,74)(H,64,75)(H,65,72)(H3,61,62,76)/b40-33+/t44-,47-,48-,54+,55-/m1/s1. The molecule has 5 atom stereocenters. The number of benzene rings is 2. The zero-order valence-corrected chi connectivity index (χ0v) is 48.3. The van der Waals surface area contributed by atoms with Crippen LogP contribution < -0.4 is 27.0 Å². The zero-order valence-electron chi connectivity index (χ0n) is 48.3. The SMILES string of the molecule is CC(=O)C1CCN(C(=O)CCCC(=O)N[C@H](C(=O)C[C@@H](CCCNC(N)=O)C(=O)Nc2ccc(COCC(=O)/C(C)=C/[C@@H](NC(=O)[C@@H](CC(=O)[C@@H](N(C)C)C(C)(C)c3ccccc3)C(C)(C)C)C(C)C)cc2)C(C)C)CC1. The molecule has 0 bridgehead atoms. The molecule has 0 saturated carbocycles. The van der Waals surface area contributed by atoms with Crippen LogP contribution in [0.5, 0.6) is 0 Å². The molecular formula is C60H91N7O10. The second kappa shape index (κ2) is 30.8. The van der Waals surface area contributed by atoms with Crippen LogP contribution in [0.3, 0.4) is 0 Å². The van der Waals surface area contributed by atoms with Crippen LogP contribution in [0, 0.1) is 35.0 Å². The molecule has 0 aliphatic carbocycles. The average molecular weight is 1070 g/mol. The van der Waals surface area contributed by atoms with Crippen molar-refractivity contribution in [2.45, 2.75) is 164 Å². The summed E-state index contributed by atoms with van der Waals surface area (Å²) >= 11 is 0. The Morgan fingerprint density at radius 1 is 0.779 bits per heavy atom. The summed E-state index contributed by atoms with van der Waals surface area (Å²) in [4.78, 5) is 122. The molecule has 0 radical (unpaired) electrons. The van der Waals surface area contributed by atoms with E-state index in [0.717, 1.165) is 11.1 Å². The molecule has 6 amide bonds. The van der Waals surface area contributed by atoms with Crippen molar-refractivity contribution in [3.05, 3.63) is 77.4 Å². The highest BCUT2D eigenvalue weighted by Gasteiger charge is 2.42. The van der Waals surface area contributed by atoms with E-state index in [9.17, 15) is 43.2 Å². The van der Waals surface area contributed by atoms with Gasteiger partial charge in [0.1, 0.15) is 12.4 Å². The Morgan fingerprint density at radius 2 is 1.40 bits per heavy atom. The predicted octanol–water partition coefficient (Wildman–Crippen LogP) is 7.49. The number of ether oxygens (including phenoxy) is 1. The van der Waals surface area contributed by atoms with Crippen LogP contribution in [-0.2, 0) is 55.1 Å². The largest absolute Gasteiger partial charge is 0.369 e. The molecule has 0 unspecified atom stereocenters. The number of carbonyl (C=O) groups is 9. The fourth-order valence-electron chi connectivity index (χ4n) is 10.0. The number of likely N-dealkylation sites (N-methyl/N-ethyl adjacent to an activating group) is 1. The summed E-state index contributed by atoms with van der Waals surface area (Å²) in [6.07, 6.45) is 4.00. The van der Waals surface area contributed by atoms with Gasteiger partial charge in [-0.1, -0.05) is 111 Å². The second-order valence-corrected chi connectivity index (χ2v) is 23.5. The summed E-state index contributed by atoms with van der Waals surface area (Å²) in [5.41, 5.74) is 6.82. The number of amides is 6. The molecule has 6 N–H and O–H groups in total. The smallest absolute Gasteiger partial charge is 0.312 e. The fourth-order valence-corrected chi connectivity index (χ4v) is 10.0. The van der Waals surface area contributed by atoms with Crippen LogP contribution >= 0.6 is 0 Å². The quantitative estimate of drug-likeness (QED) is 0.0366. The number of nitrogens with two attached hydrogens (primary N) is 1. The molecule has 426 valence electrons. The minimum absolute atomic E-state index is 0.0197. The third-order valence-corrected chi connectivity index (χ3v) is 14.8. The molecule has 1 heterocycles. The molecule has 2 aromatic carbocycles. The number of piperidine rings is 1. The number of primary amides is 1. The summed E-state index contributed by atoms with van der Waals surface area (Å²) in [5, 5.41) is 11.4. The topological polar surface area (TPSA) is 243 Å². The first kappa shape index (κ1) is 65.2. The van der Waals surface area contributed by atoms with E-state index in [1.165, 1.54) is 0 Å². The summed E-state index contributed by atoms with van der Waals surface area (Å²) in [7, 11) is 3.78. The highest BCUT2D eigenvalue weighted by atomic mass is 16.5. The Bertz CT molecular complexity index is 2350. The van der Waals surface area contributed by atoms with Crippen molar-refractivity contribution in [3.8, 4) is 0 Å². The normalized spacial score (nSPS) is 15.5. The number of rotatable bonds is 31. The van der Waals surface area contributed by atoms with Crippen molar-refractivity contribution in [2.24, 2.45) is 40.7 Å². The molecule has 77 heavy (non-hydrogen) atoms. The zero-order chi connectivity index (χ0) is 57.8. The fraction of sp³-hybridized carbons (Fsp3) is 0.617. The van der Waals surface area contributed by atoms with Crippen LogP contribution in [0.15, 0.2) is 66.2 Å². The molecule has 0 spiro atoms. The van der Waals surface area contributed by atoms with E-state index < -0.39 is 52.7 Å². The van der Waals surface area contributed by atoms with Crippen molar-refractivity contribution >= 4 is 58.5 Å². The first-order chi connectivity index (χ1) is 36.0. The van der Waals surface area contributed by atoms with Crippen molar-refractivity contribution in [1.82, 2.24) is 25.8 Å². The van der Waals surface area contributed by atoms with E-state index in [4.69, 9.17) is 10.5 Å². The molecule has 1 saturated heterocycles. The maximum atomic E-state index is 14.2. The van der Waals surface area contributed by atoms with Gasteiger partial charge in [0.15, 0.2) is 17.3 Å². The summed E-state index contributed by atoms with van der Waals surface area (Å²) in [6.45, 7) is 21.9. The van der Waals surface area contributed by atoms with Gasteiger partial charge in [0.25, 0.3) is 0 Å². The Kier molecular flexibility index (Phi) is 26.1. The summed E-state index contributed by atoms with van der Waals surface area (Å²) in [6, 6.07) is 14.2. The molecule has 2 aromatic rings. The van der Waals surface area contributed by atoms with Gasteiger partial charge in [-0.3, -0.25) is 43.3 Å². The lowest BCUT2D eigenvalue weighted by Crippen LogP contribution is -2.52. The van der Waals surface area contributed by atoms with Crippen LogP contribution in [0.2, 0.25) is 0 Å². The number of nitrogens with one attached hydrogen (secondary N) is 4. The highest BCUT2D eigenvalue weighted by molar-refractivity contribution is 5.98. The van der Waals surface area contributed by atoms with Crippen LogP contribution in [0.4, 0.5) is 10.5 Å². The van der Waals surface area contributed by atoms with Gasteiger partial charge in [-0.2, -0.15) is 0 Å². The monoisotopic (exact) mass is 1070 g/mol. The van der Waals surface area contributed by atoms with Crippen molar-refractivity contribution < 1.29 is 47.9 Å². The number of hydrogen-bond acceptors (Lipinski definition) is 11.